The van der Waals surface area contributed by atoms with Crippen LogP contribution in [0.5, 0.6) is 0 Å². The topological polar surface area (TPSA) is 98.4 Å². The molecule has 0 amide bonds. The number of nitrogens with two attached hydrogens (primary N) is 1. The number of aromatic nitrogens is 3. The van der Waals surface area contributed by atoms with Gasteiger partial charge in [0, 0.05) is 26.7 Å². The maximum Gasteiger partial charge on any atom is 0.231 e. The van der Waals surface area contributed by atoms with Gasteiger partial charge in [-0.25, -0.2) is 0 Å². The van der Waals surface area contributed by atoms with Crippen LogP contribution in [-0.4, -0.2) is 61.5 Å². The summed E-state index contributed by atoms with van der Waals surface area (Å²) < 4.78 is 10.2. The molecule has 1 heterocycles. The van der Waals surface area contributed by atoms with E-state index in [9.17, 15) is 0 Å². The number of hydrogen-bond donors (Lipinski definition) is 2. The molecule has 0 saturated heterocycles. The van der Waals surface area contributed by atoms with Gasteiger partial charge >= 0.3 is 0 Å². The zero-order valence-corrected chi connectivity index (χ0v) is 12.4. The molecule has 0 fully saturated rings. The number of rotatable bonds is 10. The predicted molar refractivity (Wildman–Crippen MR) is 79.0 cm³/mol. The summed E-state index contributed by atoms with van der Waals surface area (Å²) in [6, 6.07) is 0. The molecule has 114 valence electrons. The molecule has 3 N–H and O–H groups in total. The molecule has 0 saturated carbocycles. The number of nitrogens with zero attached hydrogens (tertiary/aromatic N) is 4. The lowest BCUT2D eigenvalue weighted by Crippen LogP contribution is -2.25. The summed E-state index contributed by atoms with van der Waals surface area (Å²) >= 11 is 0. The number of nitrogens with one attached hydrogen (secondary N) is 1. The van der Waals surface area contributed by atoms with E-state index in [0.717, 1.165) is 13.1 Å². The summed E-state index contributed by atoms with van der Waals surface area (Å²) in [6.45, 7) is 8.03. The first-order chi connectivity index (χ1) is 9.71. The Balaban J connectivity index is 2.49. The zero-order chi connectivity index (χ0) is 14.8. The van der Waals surface area contributed by atoms with Crippen molar-refractivity contribution in [2.75, 3.05) is 62.5 Å². The Morgan fingerprint density at radius 1 is 1.10 bits per heavy atom. The first-order valence-electron chi connectivity index (χ1n) is 6.78. The van der Waals surface area contributed by atoms with Crippen molar-refractivity contribution >= 4 is 17.8 Å². The predicted octanol–water partition coefficient (Wildman–Crippen LogP) is 0.375. The molecule has 0 atom stereocenters. The molecule has 8 heteroatoms. The van der Waals surface area contributed by atoms with Crippen molar-refractivity contribution in [3.8, 4) is 0 Å². The standard InChI is InChI=1S/C12H24N6O2/c1-4-18(5-2)12-16-10(13)15-11(17-12)14-6-7-20-9-8-19-3/h4-9H2,1-3H3,(H3,13,14,15,16,17). The second kappa shape index (κ2) is 9.27. The first kappa shape index (κ1) is 16.4. The Hall–Kier alpha value is -1.67. The van der Waals surface area contributed by atoms with Gasteiger partial charge in [0.15, 0.2) is 0 Å². The van der Waals surface area contributed by atoms with Crippen molar-refractivity contribution in [3.05, 3.63) is 0 Å². The van der Waals surface area contributed by atoms with Crippen molar-refractivity contribution in [1.82, 2.24) is 15.0 Å². The Morgan fingerprint density at radius 2 is 1.85 bits per heavy atom. The summed E-state index contributed by atoms with van der Waals surface area (Å²) in [5.74, 6) is 1.27. The van der Waals surface area contributed by atoms with E-state index in [1.807, 2.05) is 18.7 Å². The molecule has 1 aromatic rings. The molecule has 0 unspecified atom stereocenters. The van der Waals surface area contributed by atoms with Gasteiger partial charge in [-0.2, -0.15) is 15.0 Å². The van der Waals surface area contributed by atoms with Crippen LogP contribution in [0.1, 0.15) is 13.8 Å². The summed E-state index contributed by atoms with van der Waals surface area (Å²) in [7, 11) is 1.64. The molecule has 0 aromatic carbocycles. The molecule has 0 aliphatic heterocycles. The van der Waals surface area contributed by atoms with Crippen LogP contribution >= 0.6 is 0 Å². The zero-order valence-electron chi connectivity index (χ0n) is 12.4. The van der Waals surface area contributed by atoms with Gasteiger partial charge in [0.1, 0.15) is 0 Å². The van der Waals surface area contributed by atoms with Crippen LogP contribution in [0, 0.1) is 0 Å². The van der Waals surface area contributed by atoms with E-state index in [1.54, 1.807) is 7.11 Å². The van der Waals surface area contributed by atoms with E-state index >= 15 is 0 Å². The van der Waals surface area contributed by atoms with Crippen LogP contribution in [0.15, 0.2) is 0 Å². The number of methoxy groups -OCH3 is 1. The largest absolute Gasteiger partial charge is 0.382 e. The van der Waals surface area contributed by atoms with E-state index in [-0.39, 0.29) is 5.95 Å². The smallest absolute Gasteiger partial charge is 0.231 e. The second-order valence-corrected chi connectivity index (χ2v) is 4.02. The SMILES string of the molecule is CCN(CC)c1nc(N)nc(NCCOCCOC)n1. The van der Waals surface area contributed by atoms with Crippen LogP contribution in [0.4, 0.5) is 17.8 Å². The summed E-state index contributed by atoms with van der Waals surface area (Å²) in [5, 5.41) is 3.07. The third-order valence-corrected chi connectivity index (χ3v) is 2.65. The Morgan fingerprint density at radius 3 is 2.50 bits per heavy atom. The molecule has 8 nitrogen and oxygen atoms in total. The van der Waals surface area contributed by atoms with E-state index in [0.29, 0.717) is 38.3 Å². The van der Waals surface area contributed by atoms with Gasteiger partial charge in [0.25, 0.3) is 0 Å². The van der Waals surface area contributed by atoms with Crippen molar-refractivity contribution in [1.29, 1.82) is 0 Å². The average Bonchev–Trinajstić information content (AvgIpc) is 2.43. The quantitative estimate of drug-likeness (QED) is 0.595. The Bertz CT molecular complexity index is 386. The molecule has 20 heavy (non-hydrogen) atoms. The Kier molecular flexibility index (Phi) is 7.59. The summed E-state index contributed by atoms with van der Waals surface area (Å²) in [4.78, 5) is 14.5. The van der Waals surface area contributed by atoms with Gasteiger partial charge in [0.05, 0.1) is 19.8 Å². The maximum atomic E-state index is 5.70. The highest BCUT2D eigenvalue weighted by Crippen LogP contribution is 2.11. The third-order valence-electron chi connectivity index (χ3n) is 2.65. The molecule has 1 rings (SSSR count). The van der Waals surface area contributed by atoms with Gasteiger partial charge in [-0.15, -0.1) is 0 Å². The summed E-state index contributed by atoms with van der Waals surface area (Å²) in [6.07, 6.45) is 0. The van der Waals surface area contributed by atoms with Crippen molar-refractivity contribution in [2.45, 2.75) is 13.8 Å². The van der Waals surface area contributed by atoms with Crippen LogP contribution in [0.25, 0.3) is 0 Å². The maximum absolute atomic E-state index is 5.70. The fraction of sp³-hybridized carbons (Fsp3) is 0.750. The van der Waals surface area contributed by atoms with Gasteiger partial charge in [0.2, 0.25) is 17.8 Å². The number of hydrogen-bond acceptors (Lipinski definition) is 8. The molecular formula is C12H24N6O2. The molecule has 0 radical (unpaired) electrons. The molecule has 1 aromatic heterocycles. The van der Waals surface area contributed by atoms with E-state index in [2.05, 4.69) is 20.3 Å². The third kappa shape index (κ3) is 5.54. The highest BCUT2D eigenvalue weighted by atomic mass is 16.5. The van der Waals surface area contributed by atoms with E-state index in [4.69, 9.17) is 15.2 Å². The van der Waals surface area contributed by atoms with Crippen LogP contribution < -0.4 is 16.0 Å². The highest BCUT2D eigenvalue weighted by molar-refractivity contribution is 5.41. The van der Waals surface area contributed by atoms with E-state index < -0.39 is 0 Å². The van der Waals surface area contributed by atoms with Crippen molar-refractivity contribution in [2.24, 2.45) is 0 Å². The lowest BCUT2D eigenvalue weighted by atomic mass is 10.5. The van der Waals surface area contributed by atoms with E-state index in [1.165, 1.54) is 0 Å². The fourth-order valence-electron chi connectivity index (χ4n) is 1.59. The normalized spacial score (nSPS) is 10.6. The minimum Gasteiger partial charge on any atom is -0.382 e. The molecule has 0 bridgehead atoms. The van der Waals surface area contributed by atoms with Crippen LogP contribution in [0.3, 0.4) is 0 Å². The fourth-order valence-corrected chi connectivity index (χ4v) is 1.59. The van der Waals surface area contributed by atoms with Gasteiger partial charge < -0.3 is 25.4 Å². The van der Waals surface area contributed by atoms with Crippen molar-refractivity contribution < 1.29 is 9.47 Å². The van der Waals surface area contributed by atoms with Crippen molar-refractivity contribution in [3.63, 3.8) is 0 Å². The Labute approximate surface area is 119 Å². The second-order valence-electron chi connectivity index (χ2n) is 4.02. The van der Waals surface area contributed by atoms with Gasteiger partial charge in [-0.05, 0) is 13.8 Å². The molecule has 0 aliphatic carbocycles. The summed E-state index contributed by atoms with van der Waals surface area (Å²) in [5.41, 5.74) is 5.70. The number of nitrogen functional groups attached to an aromatic ring is 1. The minimum atomic E-state index is 0.213. The molecule has 0 spiro atoms. The number of anilines is 3. The van der Waals surface area contributed by atoms with Gasteiger partial charge in [-0.3, -0.25) is 0 Å². The minimum absolute atomic E-state index is 0.213. The monoisotopic (exact) mass is 284 g/mol. The molecule has 0 aliphatic rings. The average molecular weight is 284 g/mol. The lowest BCUT2D eigenvalue weighted by molar-refractivity contribution is 0.0759. The van der Waals surface area contributed by atoms with Crippen LogP contribution in [0.2, 0.25) is 0 Å². The van der Waals surface area contributed by atoms with Gasteiger partial charge in [-0.1, -0.05) is 0 Å². The van der Waals surface area contributed by atoms with Crippen LogP contribution in [-0.2, 0) is 9.47 Å². The number of ether oxygens (including phenoxy) is 2. The lowest BCUT2D eigenvalue weighted by Gasteiger charge is -2.19. The molecular weight excluding hydrogens is 260 g/mol. The first-order valence-corrected chi connectivity index (χ1v) is 6.78. The highest BCUT2D eigenvalue weighted by Gasteiger charge is 2.09.